The van der Waals surface area contributed by atoms with Gasteiger partial charge in [0.2, 0.25) is 0 Å². The Morgan fingerprint density at radius 1 is 1.07 bits per heavy atom. The summed E-state index contributed by atoms with van der Waals surface area (Å²) >= 11 is 13.6. The molecule has 4 aromatic rings. The summed E-state index contributed by atoms with van der Waals surface area (Å²) in [6, 6.07) is 15.4. The highest BCUT2D eigenvalue weighted by molar-refractivity contribution is 6.38. The number of hydrogen-bond donors (Lipinski definition) is 0. The number of halogens is 4. The minimum absolute atomic E-state index is 0.0437. The van der Waals surface area contributed by atoms with Gasteiger partial charge in [0, 0.05) is 52.1 Å². The second-order valence-electron chi connectivity index (χ2n) is 11.5. The molecule has 1 unspecified atom stereocenters. The fourth-order valence-electron chi connectivity index (χ4n) is 6.77. The molecule has 0 spiro atoms. The van der Waals surface area contributed by atoms with E-state index in [0.29, 0.717) is 53.9 Å². The molecule has 3 aliphatic rings. The molecule has 3 aliphatic heterocycles. The van der Waals surface area contributed by atoms with E-state index in [1.54, 1.807) is 4.90 Å². The van der Waals surface area contributed by atoms with Gasteiger partial charge < -0.3 is 14.5 Å². The van der Waals surface area contributed by atoms with E-state index in [0.717, 1.165) is 27.3 Å². The van der Waals surface area contributed by atoms with E-state index in [1.807, 2.05) is 60.5 Å². The average molecular weight is 625 g/mol. The lowest BCUT2D eigenvalue weighted by Gasteiger charge is -2.47. The Balaban J connectivity index is 1.30. The maximum atomic E-state index is 14.0. The summed E-state index contributed by atoms with van der Waals surface area (Å²) in [7, 11) is 1.88. The predicted octanol–water partition coefficient (Wildman–Crippen LogP) is 6.45. The Kier molecular flexibility index (Phi) is 7.15. The van der Waals surface area contributed by atoms with Crippen LogP contribution in [-0.2, 0) is 4.79 Å². The molecule has 0 bridgehead atoms. The van der Waals surface area contributed by atoms with Crippen LogP contribution >= 0.6 is 23.2 Å². The highest BCUT2D eigenvalue weighted by atomic mass is 35.5. The fraction of sp³-hybridized carbons (Fsp3) is 0.344. The van der Waals surface area contributed by atoms with E-state index in [1.165, 1.54) is 0 Å². The second kappa shape index (κ2) is 10.9. The largest absolute Gasteiger partial charge is 0.462 e. The summed E-state index contributed by atoms with van der Waals surface area (Å²) in [6.07, 6.45) is 0.157. The molecule has 3 aromatic carbocycles. The molecule has 222 valence electrons. The Bertz CT molecular complexity index is 1780. The van der Waals surface area contributed by atoms with Gasteiger partial charge in [0.15, 0.2) is 5.83 Å². The molecule has 0 aliphatic carbocycles. The number of nitrogens with zero attached hydrogens (tertiary/aromatic N) is 5. The number of fused-ring (bicyclic) bond motifs is 3. The third kappa shape index (κ3) is 4.87. The summed E-state index contributed by atoms with van der Waals surface area (Å²) in [5, 5.41) is 3.73. The van der Waals surface area contributed by atoms with Crippen LogP contribution in [-0.4, -0.2) is 83.3 Å². The van der Waals surface area contributed by atoms with E-state index in [2.05, 4.69) is 11.5 Å². The molecular weight excluding hydrogens is 595 g/mol. The lowest BCUT2D eigenvalue weighted by atomic mass is 9.95. The van der Waals surface area contributed by atoms with Crippen molar-refractivity contribution in [2.45, 2.75) is 37.1 Å². The number of likely N-dealkylation sites (tertiary alicyclic amines) is 2. The smallest absolute Gasteiger partial charge is 0.319 e. The van der Waals surface area contributed by atoms with Crippen molar-refractivity contribution in [2.75, 3.05) is 38.2 Å². The van der Waals surface area contributed by atoms with Gasteiger partial charge in [-0.25, -0.2) is 8.78 Å². The van der Waals surface area contributed by atoms with Crippen LogP contribution in [0.15, 0.2) is 60.9 Å². The van der Waals surface area contributed by atoms with Crippen LogP contribution in [0.4, 0.5) is 14.6 Å². The second-order valence-corrected chi connectivity index (χ2v) is 12.4. The predicted molar refractivity (Wildman–Crippen MR) is 165 cm³/mol. The van der Waals surface area contributed by atoms with Gasteiger partial charge in [-0.1, -0.05) is 60.1 Å². The van der Waals surface area contributed by atoms with Gasteiger partial charge in [-0.3, -0.25) is 9.69 Å². The molecule has 0 radical (unpaired) electrons. The number of aromatic nitrogens is 2. The first-order valence-corrected chi connectivity index (χ1v) is 15.0. The van der Waals surface area contributed by atoms with E-state index < -0.39 is 17.9 Å². The van der Waals surface area contributed by atoms with Gasteiger partial charge in [-0.05, 0) is 49.0 Å². The van der Waals surface area contributed by atoms with Crippen molar-refractivity contribution in [2.24, 2.45) is 0 Å². The summed E-state index contributed by atoms with van der Waals surface area (Å²) < 4.78 is 33.8. The molecule has 11 heteroatoms. The van der Waals surface area contributed by atoms with Crippen LogP contribution in [0.25, 0.3) is 32.8 Å². The number of rotatable bonds is 6. The molecule has 43 heavy (non-hydrogen) atoms. The van der Waals surface area contributed by atoms with Crippen molar-refractivity contribution in [3.8, 4) is 17.1 Å². The number of ether oxygens (including phenoxy) is 1. The first-order valence-electron chi connectivity index (χ1n) is 14.3. The van der Waals surface area contributed by atoms with Gasteiger partial charge in [0.05, 0.1) is 17.6 Å². The molecule has 7 rings (SSSR count). The van der Waals surface area contributed by atoms with E-state index in [4.69, 9.17) is 37.9 Å². The highest BCUT2D eigenvalue weighted by Crippen LogP contribution is 2.43. The van der Waals surface area contributed by atoms with Crippen LogP contribution in [0.1, 0.15) is 12.8 Å². The molecule has 3 fully saturated rings. The van der Waals surface area contributed by atoms with Gasteiger partial charge >= 0.3 is 6.01 Å². The topological polar surface area (TPSA) is 61.8 Å². The van der Waals surface area contributed by atoms with Crippen LogP contribution in [0.5, 0.6) is 6.01 Å². The van der Waals surface area contributed by atoms with Crippen molar-refractivity contribution < 1.29 is 18.3 Å². The Labute approximate surface area is 257 Å². The maximum Gasteiger partial charge on any atom is 0.319 e. The first-order chi connectivity index (χ1) is 20.7. The lowest BCUT2D eigenvalue weighted by Crippen LogP contribution is -2.63. The van der Waals surface area contributed by atoms with Crippen LogP contribution in [0.2, 0.25) is 10.0 Å². The molecule has 0 N–H and O–H groups in total. The molecule has 3 saturated heterocycles. The first kappa shape index (κ1) is 28.3. The van der Waals surface area contributed by atoms with Crippen molar-refractivity contribution in [1.82, 2.24) is 19.8 Å². The van der Waals surface area contributed by atoms with Gasteiger partial charge in [0.1, 0.15) is 18.6 Å². The SMILES string of the molecule is C=C(F)C(=O)N1CCC2[C@H]1CN2c1nc(OC[C@@H]2C[C@@H](F)CN2C)nc2cc(-c3cccc4cccc(Cl)c34)c(Cl)cc12. The maximum absolute atomic E-state index is 14.0. The quantitative estimate of drug-likeness (QED) is 0.230. The van der Waals surface area contributed by atoms with Crippen molar-refractivity contribution in [3.63, 3.8) is 0 Å². The molecule has 1 aromatic heterocycles. The lowest BCUT2D eigenvalue weighted by molar-refractivity contribution is -0.130. The average Bonchev–Trinajstić information content (AvgIpc) is 3.47. The van der Waals surface area contributed by atoms with Gasteiger partial charge in [-0.15, -0.1) is 0 Å². The van der Waals surface area contributed by atoms with Crippen molar-refractivity contribution in [3.05, 3.63) is 71.0 Å². The Morgan fingerprint density at radius 3 is 2.60 bits per heavy atom. The monoisotopic (exact) mass is 623 g/mol. The number of carbonyl (C=O) groups excluding carboxylic acids is 1. The molecular formula is C32H29Cl2F2N5O2. The van der Waals surface area contributed by atoms with Gasteiger partial charge in [0.25, 0.3) is 5.91 Å². The summed E-state index contributed by atoms with van der Waals surface area (Å²) in [5.41, 5.74) is 2.26. The van der Waals surface area contributed by atoms with E-state index in [9.17, 15) is 13.6 Å². The van der Waals surface area contributed by atoms with Crippen molar-refractivity contribution >= 4 is 56.6 Å². The van der Waals surface area contributed by atoms with Crippen LogP contribution in [0.3, 0.4) is 0 Å². The number of anilines is 1. The summed E-state index contributed by atoms with van der Waals surface area (Å²) in [5.74, 6) is -0.998. The Hall–Kier alpha value is -3.53. The Morgan fingerprint density at radius 2 is 1.86 bits per heavy atom. The molecule has 4 atom stereocenters. The van der Waals surface area contributed by atoms with E-state index in [-0.39, 0.29) is 30.7 Å². The molecule has 1 amide bonds. The standard InChI is InChI=1S/C32H29Cl2F2N5O2/c1-17(35)31(42)40-10-9-27-28(40)15-41(27)30-23-12-25(34)22(21-7-3-5-18-6-4-8-24(33)29(18)21)13-26(23)37-32(38-30)43-16-20-11-19(36)14-39(20)2/h3-8,12-13,19-20,27-28H,1,9-11,14-16H2,2H3/t19-,20+,27?,28-/m1/s1. The van der Waals surface area contributed by atoms with E-state index >= 15 is 0 Å². The van der Waals surface area contributed by atoms with Crippen molar-refractivity contribution in [1.29, 1.82) is 0 Å². The van der Waals surface area contributed by atoms with Crippen LogP contribution < -0.4 is 9.64 Å². The highest BCUT2D eigenvalue weighted by Gasteiger charge is 2.50. The third-order valence-corrected chi connectivity index (χ3v) is 9.62. The van der Waals surface area contributed by atoms with Gasteiger partial charge in [-0.2, -0.15) is 9.97 Å². The molecule has 0 saturated carbocycles. The zero-order chi connectivity index (χ0) is 30.0. The number of benzene rings is 3. The fourth-order valence-corrected chi connectivity index (χ4v) is 7.32. The summed E-state index contributed by atoms with van der Waals surface area (Å²) in [4.78, 5) is 27.5. The minimum atomic E-state index is -0.956. The number of carbonyl (C=O) groups is 1. The number of alkyl halides is 1. The zero-order valence-electron chi connectivity index (χ0n) is 23.4. The minimum Gasteiger partial charge on any atom is -0.462 e. The normalized spacial score (nSPS) is 23.6. The third-order valence-electron chi connectivity index (χ3n) is 8.99. The zero-order valence-corrected chi connectivity index (χ0v) is 25.0. The van der Waals surface area contributed by atoms with Crippen LogP contribution in [0, 0.1) is 0 Å². The summed E-state index contributed by atoms with van der Waals surface area (Å²) in [6.45, 7) is 4.71. The number of likely N-dealkylation sites (N-methyl/N-ethyl adjacent to an activating group) is 1. The number of amides is 1. The molecule has 4 heterocycles. The number of hydrogen-bond acceptors (Lipinski definition) is 6. The molecule has 7 nitrogen and oxygen atoms in total.